The van der Waals surface area contributed by atoms with Gasteiger partial charge in [-0.3, -0.25) is 4.79 Å². The number of nitrogens with two attached hydrogens (primary N) is 1. The second-order valence-electron chi connectivity index (χ2n) is 7.20. The van der Waals surface area contributed by atoms with Gasteiger partial charge in [0.05, 0.1) is 5.60 Å². The maximum Gasteiger partial charge on any atom is 0.223 e. The highest BCUT2D eigenvalue weighted by atomic mass is 16.3. The first-order valence-electron chi connectivity index (χ1n) is 7.52. The van der Waals surface area contributed by atoms with Crippen molar-refractivity contribution in [1.29, 1.82) is 0 Å². The van der Waals surface area contributed by atoms with Crippen LogP contribution in [0.3, 0.4) is 0 Å². The van der Waals surface area contributed by atoms with Gasteiger partial charge in [-0.1, -0.05) is 20.8 Å². The van der Waals surface area contributed by atoms with Gasteiger partial charge < -0.3 is 16.2 Å². The minimum absolute atomic E-state index is 0.00553. The number of amides is 1. The van der Waals surface area contributed by atoms with Gasteiger partial charge in [-0.05, 0) is 43.4 Å². The summed E-state index contributed by atoms with van der Waals surface area (Å²) in [6.07, 6.45) is 4.44. The fourth-order valence-electron chi connectivity index (χ4n) is 3.46. The number of carbonyl (C=O) groups is 1. The number of carbonyl (C=O) groups excluding carboxylic acids is 1. The van der Waals surface area contributed by atoms with Crippen LogP contribution in [0.4, 0.5) is 0 Å². The normalized spacial score (nSPS) is 36.4. The summed E-state index contributed by atoms with van der Waals surface area (Å²) in [7, 11) is 0. The van der Waals surface area contributed by atoms with E-state index in [9.17, 15) is 9.90 Å². The third kappa shape index (κ3) is 2.79. The lowest BCUT2D eigenvalue weighted by molar-refractivity contribution is -0.134. The monoisotopic (exact) mass is 268 g/mol. The zero-order valence-electron chi connectivity index (χ0n) is 12.4. The summed E-state index contributed by atoms with van der Waals surface area (Å²) in [6.45, 7) is 6.82. The van der Waals surface area contributed by atoms with E-state index in [0.717, 1.165) is 32.1 Å². The summed E-state index contributed by atoms with van der Waals surface area (Å²) in [5.74, 6) is 0.429. The Kier molecular flexibility index (Phi) is 3.94. The van der Waals surface area contributed by atoms with Gasteiger partial charge in [0, 0.05) is 18.5 Å². The van der Waals surface area contributed by atoms with Crippen molar-refractivity contribution >= 4 is 5.91 Å². The van der Waals surface area contributed by atoms with Gasteiger partial charge in [0.1, 0.15) is 0 Å². The Labute approximate surface area is 116 Å². The van der Waals surface area contributed by atoms with E-state index in [1.807, 2.05) is 0 Å². The Morgan fingerprint density at radius 2 is 2.00 bits per heavy atom. The first-order chi connectivity index (χ1) is 8.76. The first-order valence-corrected chi connectivity index (χ1v) is 7.52. The van der Waals surface area contributed by atoms with E-state index in [0.29, 0.717) is 12.5 Å². The molecule has 2 fully saturated rings. The molecule has 0 aromatic heterocycles. The van der Waals surface area contributed by atoms with Crippen LogP contribution in [0.25, 0.3) is 0 Å². The number of hydrogen-bond donors (Lipinski definition) is 3. The predicted molar refractivity (Wildman–Crippen MR) is 75.5 cm³/mol. The molecule has 0 bridgehead atoms. The molecular formula is C15H28N2O2. The summed E-state index contributed by atoms with van der Waals surface area (Å²) < 4.78 is 0. The molecular weight excluding hydrogens is 240 g/mol. The van der Waals surface area contributed by atoms with Crippen LogP contribution < -0.4 is 11.1 Å². The number of rotatable bonds is 3. The van der Waals surface area contributed by atoms with Crippen molar-refractivity contribution in [2.24, 2.45) is 23.0 Å². The zero-order valence-corrected chi connectivity index (χ0v) is 12.4. The standard InChI is InChI=1S/C15H28N2O2/c1-10-12(16)6-5-11(14(10,2)3)13(18)17-9-15(19)7-4-8-15/h10-12,19H,4-9,16H2,1-3H3,(H,17,18). The van der Waals surface area contributed by atoms with Crippen molar-refractivity contribution in [2.45, 2.75) is 64.5 Å². The molecule has 2 rings (SSSR count). The molecule has 110 valence electrons. The predicted octanol–water partition coefficient (Wildman–Crippen LogP) is 1.42. The van der Waals surface area contributed by atoms with Crippen molar-refractivity contribution in [3.63, 3.8) is 0 Å². The third-order valence-electron chi connectivity index (χ3n) is 5.70. The molecule has 3 atom stereocenters. The second kappa shape index (κ2) is 5.06. The van der Waals surface area contributed by atoms with Gasteiger partial charge in [-0.15, -0.1) is 0 Å². The first kappa shape index (κ1) is 14.8. The molecule has 0 heterocycles. The molecule has 4 heteroatoms. The number of nitrogens with one attached hydrogen (secondary N) is 1. The quantitative estimate of drug-likeness (QED) is 0.724. The third-order valence-corrected chi connectivity index (χ3v) is 5.70. The largest absolute Gasteiger partial charge is 0.388 e. The highest BCUT2D eigenvalue weighted by molar-refractivity contribution is 5.79. The lowest BCUT2D eigenvalue weighted by Gasteiger charge is -2.46. The molecule has 0 radical (unpaired) electrons. The topological polar surface area (TPSA) is 75.4 Å². The minimum Gasteiger partial charge on any atom is -0.388 e. The van der Waals surface area contributed by atoms with Gasteiger partial charge in [-0.25, -0.2) is 0 Å². The Morgan fingerprint density at radius 3 is 2.53 bits per heavy atom. The van der Waals surface area contributed by atoms with E-state index in [1.54, 1.807) is 0 Å². The number of hydrogen-bond acceptors (Lipinski definition) is 3. The van der Waals surface area contributed by atoms with E-state index in [4.69, 9.17) is 5.73 Å². The maximum absolute atomic E-state index is 12.4. The summed E-state index contributed by atoms with van der Waals surface area (Å²) in [6, 6.07) is 0.190. The van der Waals surface area contributed by atoms with E-state index in [2.05, 4.69) is 26.1 Å². The molecule has 0 aliphatic heterocycles. The summed E-state index contributed by atoms with van der Waals surface area (Å²) in [5, 5.41) is 13.0. The summed E-state index contributed by atoms with van der Waals surface area (Å²) in [5.41, 5.74) is 5.40. The Morgan fingerprint density at radius 1 is 1.37 bits per heavy atom. The smallest absolute Gasteiger partial charge is 0.223 e. The average molecular weight is 268 g/mol. The zero-order chi connectivity index (χ0) is 14.3. The molecule has 4 nitrogen and oxygen atoms in total. The van der Waals surface area contributed by atoms with E-state index < -0.39 is 5.60 Å². The van der Waals surface area contributed by atoms with Gasteiger partial charge in [-0.2, -0.15) is 0 Å². The van der Waals surface area contributed by atoms with Gasteiger partial charge in [0.25, 0.3) is 0 Å². The van der Waals surface area contributed by atoms with E-state index in [1.165, 1.54) is 0 Å². The Balaban J connectivity index is 1.94. The van der Waals surface area contributed by atoms with Crippen molar-refractivity contribution < 1.29 is 9.90 Å². The molecule has 2 aliphatic carbocycles. The molecule has 19 heavy (non-hydrogen) atoms. The molecule has 0 spiro atoms. The van der Waals surface area contributed by atoms with Crippen LogP contribution in [0.15, 0.2) is 0 Å². The van der Waals surface area contributed by atoms with Crippen LogP contribution in [0.2, 0.25) is 0 Å². The maximum atomic E-state index is 12.4. The summed E-state index contributed by atoms with van der Waals surface area (Å²) in [4.78, 5) is 12.4. The second-order valence-corrected chi connectivity index (χ2v) is 7.20. The van der Waals surface area contributed by atoms with Gasteiger partial charge in [0.15, 0.2) is 0 Å². The molecule has 0 aromatic rings. The van der Waals surface area contributed by atoms with Crippen LogP contribution in [0, 0.1) is 17.3 Å². The Hall–Kier alpha value is -0.610. The van der Waals surface area contributed by atoms with Crippen molar-refractivity contribution in [3.8, 4) is 0 Å². The van der Waals surface area contributed by atoms with Crippen LogP contribution in [0.1, 0.15) is 52.9 Å². The molecule has 3 unspecified atom stereocenters. The highest BCUT2D eigenvalue weighted by Gasteiger charge is 2.45. The SMILES string of the molecule is CC1C(N)CCC(C(=O)NCC2(O)CCC2)C1(C)C. The molecule has 2 aliphatic rings. The lowest BCUT2D eigenvalue weighted by Crippen LogP contribution is -2.54. The van der Waals surface area contributed by atoms with E-state index >= 15 is 0 Å². The summed E-state index contributed by atoms with van der Waals surface area (Å²) >= 11 is 0. The Bertz CT molecular complexity index is 350. The van der Waals surface area contributed by atoms with Crippen molar-refractivity contribution in [3.05, 3.63) is 0 Å². The van der Waals surface area contributed by atoms with Crippen molar-refractivity contribution in [2.75, 3.05) is 6.54 Å². The molecule has 0 aromatic carbocycles. The fraction of sp³-hybridized carbons (Fsp3) is 0.933. The number of aliphatic hydroxyl groups is 1. The molecule has 0 saturated heterocycles. The molecule has 2 saturated carbocycles. The fourth-order valence-corrected chi connectivity index (χ4v) is 3.46. The van der Waals surface area contributed by atoms with Gasteiger partial charge >= 0.3 is 0 Å². The van der Waals surface area contributed by atoms with Gasteiger partial charge in [0.2, 0.25) is 5.91 Å². The van der Waals surface area contributed by atoms with Crippen LogP contribution >= 0.6 is 0 Å². The van der Waals surface area contributed by atoms with Crippen LogP contribution in [-0.4, -0.2) is 29.2 Å². The van der Waals surface area contributed by atoms with Crippen molar-refractivity contribution in [1.82, 2.24) is 5.32 Å². The van der Waals surface area contributed by atoms with Crippen LogP contribution in [0.5, 0.6) is 0 Å². The van der Waals surface area contributed by atoms with E-state index in [-0.39, 0.29) is 23.3 Å². The average Bonchev–Trinajstić information content (AvgIpc) is 2.31. The molecule has 4 N–H and O–H groups in total. The minimum atomic E-state index is -0.642. The van der Waals surface area contributed by atoms with Crippen LogP contribution in [-0.2, 0) is 4.79 Å². The highest BCUT2D eigenvalue weighted by Crippen LogP contribution is 2.44. The molecule has 1 amide bonds. The lowest BCUT2D eigenvalue weighted by atomic mass is 9.61.